The van der Waals surface area contributed by atoms with Gasteiger partial charge in [0.25, 0.3) is 0 Å². The van der Waals surface area contributed by atoms with Gasteiger partial charge in [0.1, 0.15) is 5.76 Å². The molecule has 1 aromatic heterocycles. The maximum atomic E-state index is 5.24. The van der Waals surface area contributed by atoms with Gasteiger partial charge in [0, 0.05) is 19.8 Å². The first-order chi connectivity index (χ1) is 7.75. The molecule has 2 aromatic rings. The highest BCUT2D eigenvalue weighted by molar-refractivity contribution is 5.69. The third-order valence-electron chi connectivity index (χ3n) is 2.37. The van der Waals surface area contributed by atoms with Gasteiger partial charge in [-0.3, -0.25) is 0 Å². The summed E-state index contributed by atoms with van der Waals surface area (Å²) in [6, 6.07) is 12.2. The average Bonchev–Trinajstić information content (AvgIpc) is 2.79. The number of anilines is 1. The SMILES string of the molecule is CN(C)c1cccc(/C=C/c2ccco2)c1. The molecule has 0 saturated carbocycles. The topological polar surface area (TPSA) is 16.4 Å². The Kier molecular flexibility index (Phi) is 3.10. The molecular weight excluding hydrogens is 198 g/mol. The summed E-state index contributed by atoms with van der Waals surface area (Å²) in [5.41, 5.74) is 2.36. The zero-order valence-electron chi connectivity index (χ0n) is 9.55. The van der Waals surface area contributed by atoms with E-state index in [2.05, 4.69) is 29.2 Å². The van der Waals surface area contributed by atoms with Gasteiger partial charge in [-0.05, 0) is 35.9 Å². The molecule has 1 aromatic carbocycles. The van der Waals surface area contributed by atoms with Gasteiger partial charge in [-0.2, -0.15) is 0 Å². The van der Waals surface area contributed by atoms with Crippen molar-refractivity contribution in [3.8, 4) is 0 Å². The lowest BCUT2D eigenvalue weighted by atomic mass is 10.1. The Hall–Kier alpha value is -1.96. The van der Waals surface area contributed by atoms with Crippen LogP contribution >= 0.6 is 0 Å². The molecule has 0 spiro atoms. The summed E-state index contributed by atoms with van der Waals surface area (Å²) in [6.07, 6.45) is 5.69. The van der Waals surface area contributed by atoms with Gasteiger partial charge in [-0.1, -0.05) is 18.2 Å². The van der Waals surface area contributed by atoms with Gasteiger partial charge in [0.15, 0.2) is 0 Å². The number of nitrogens with zero attached hydrogens (tertiary/aromatic N) is 1. The van der Waals surface area contributed by atoms with Crippen molar-refractivity contribution >= 4 is 17.8 Å². The van der Waals surface area contributed by atoms with Gasteiger partial charge < -0.3 is 9.32 Å². The van der Waals surface area contributed by atoms with Crippen LogP contribution in [0.3, 0.4) is 0 Å². The fourth-order valence-electron chi connectivity index (χ4n) is 1.47. The van der Waals surface area contributed by atoms with Crippen LogP contribution in [0.5, 0.6) is 0 Å². The van der Waals surface area contributed by atoms with Crippen molar-refractivity contribution in [2.75, 3.05) is 19.0 Å². The van der Waals surface area contributed by atoms with Crippen LogP contribution in [-0.2, 0) is 0 Å². The Labute approximate surface area is 95.8 Å². The molecule has 2 rings (SSSR count). The molecule has 0 fully saturated rings. The highest BCUT2D eigenvalue weighted by Gasteiger charge is 1.95. The monoisotopic (exact) mass is 213 g/mol. The van der Waals surface area contributed by atoms with Crippen LogP contribution in [0.2, 0.25) is 0 Å². The predicted octanol–water partition coefficient (Wildman–Crippen LogP) is 3.52. The Morgan fingerprint density at radius 3 is 2.62 bits per heavy atom. The molecule has 0 atom stereocenters. The van der Waals surface area contributed by atoms with Crippen molar-refractivity contribution in [3.05, 3.63) is 54.0 Å². The normalized spacial score (nSPS) is 10.9. The van der Waals surface area contributed by atoms with E-state index >= 15 is 0 Å². The predicted molar refractivity (Wildman–Crippen MR) is 68.4 cm³/mol. The van der Waals surface area contributed by atoms with Gasteiger partial charge in [0.2, 0.25) is 0 Å². The number of hydrogen-bond acceptors (Lipinski definition) is 2. The molecule has 16 heavy (non-hydrogen) atoms. The van der Waals surface area contributed by atoms with Crippen molar-refractivity contribution in [2.24, 2.45) is 0 Å². The van der Waals surface area contributed by atoms with Crippen molar-refractivity contribution in [1.29, 1.82) is 0 Å². The van der Waals surface area contributed by atoms with E-state index in [0.717, 1.165) is 5.76 Å². The number of benzene rings is 1. The molecule has 1 heterocycles. The zero-order chi connectivity index (χ0) is 11.4. The quantitative estimate of drug-likeness (QED) is 0.775. The van der Waals surface area contributed by atoms with Crippen molar-refractivity contribution in [3.63, 3.8) is 0 Å². The van der Waals surface area contributed by atoms with E-state index in [1.165, 1.54) is 11.3 Å². The summed E-state index contributed by atoms with van der Waals surface area (Å²) >= 11 is 0. The molecule has 0 aliphatic heterocycles. The molecule has 0 radical (unpaired) electrons. The summed E-state index contributed by atoms with van der Waals surface area (Å²) in [4.78, 5) is 2.09. The minimum absolute atomic E-state index is 0.871. The smallest absolute Gasteiger partial charge is 0.126 e. The van der Waals surface area contributed by atoms with Gasteiger partial charge >= 0.3 is 0 Å². The fourth-order valence-corrected chi connectivity index (χ4v) is 1.47. The zero-order valence-corrected chi connectivity index (χ0v) is 9.55. The van der Waals surface area contributed by atoms with E-state index in [0.29, 0.717) is 0 Å². The number of rotatable bonds is 3. The van der Waals surface area contributed by atoms with E-state index < -0.39 is 0 Å². The van der Waals surface area contributed by atoms with Crippen molar-refractivity contribution in [2.45, 2.75) is 0 Å². The number of hydrogen-bond donors (Lipinski definition) is 0. The van der Waals surface area contributed by atoms with E-state index in [4.69, 9.17) is 4.42 Å². The average molecular weight is 213 g/mol. The van der Waals surface area contributed by atoms with Gasteiger partial charge in [-0.25, -0.2) is 0 Å². The molecule has 0 unspecified atom stereocenters. The third-order valence-corrected chi connectivity index (χ3v) is 2.37. The lowest BCUT2D eigenvalue weighted by Gasteiger charge is -2.12. The van der Waals surface area contributed by atoms with Crippen LogP contribution < -0.4 is 4.90 Å². The first-order valence-corrected chi connectivity index (χ1v) is 5.25. The molecule has 0 bridgehead atoms. The molecule has 2 heteroatoms. The maximum absolute atomic E-state index is 5.24. The third kappa shape index (κ3) is 2.54. The first kappa shape index (κ1) is 10.6. The van der Waals surface area contributed by atoms with Crippen LogP contribution in [0.4, 0.5) is 5.69 Å². The van der Waals surface area contributed by atoms with Gasteiger partial charge in [-0.15, -0.1) is 0 Å². The summed E-state index contributed by atoms with van der Waals surface area (Å²) in [5.74, 6) is 0.871. The number of furan rings is 1. The minimum Gasteiger partial charge on any atom is -0.465 e. The fraction of sp³-hybridized carbons (Fsp3) is 0.143. The highest BCUT2D eigenvalue weighted by Crippen LogP contribution is 2.15. The van der Waals surface area contributed by atoms with Crippen LogP contribution in [0.25, 0.3) is 12.2 Å². The minimum atomic E-state index is 0.871. The molecule has 0 N–H and O–H groups in total. The molecule has 0 aliphatic rings. The van der Waals surface area contributed by atoms with Crippen molar-refractivity contribution < 1.29 is 4.42 Å². The standard InChI is InChI=1S/C14H15NO/c1-15(2)13-6-3-5-12(11-13)8-9-14-7-4-10-16-14/h3-11H,1-2H3/b9-8+. The van der Waals surface area contributed by atoms with Crippen LogP contribution in [0, 0.1) is 0 Å². The summed E-state index contributed by atoms with van der Waals surface area (Å²) in [5, 5.41) is 0. The molecule has 82 valence electrons. The first-order valence-electron chi connectivity index (χ1n) is 5.25. The highest BCUT2D eigenvalue weighted by atomic mass is 16.3. The Bertz CT molecular complexity index is 469. The summed E-state index contributed by atoms with van der Waals surface area (Å²) < 4.78 is 5.24. The van der Waals surface area contributed by atoms with E-state index in [9.17, 15) is 0 Å². The molecule has 0 amide bonds. The molecule has 0 saturated heterocycles. The lowest BCUT2D eigenvalue weighted by molar-refractivity contribution is 0.557. The summed E-state index contributed by atoms with van der Waals surface area (Å²) in [7, 11) is 4.07. The van der Waals surface area contributed by atoms with Crippen LogP contribution in [0.15, 0.2) is 47.1 Å². The largest absolute Gasteiger partial charge is 0.465 e. The van der Waals surface area contributed by atoms with E-state index in [1.807, 2.05) is 38.4 Å². The van der Waals surface area contributed by atoms with Crippen LogP contribution in [-0.4, -0.2) is 14.1 Å². The Balaban J connectivity index is 2.18. The Morgan fingerprint density at radius 1 is 1.06 bits per heavy atom. The van der Waals surface area contributed by atoms with Crippen molar-refractivity contribution in [1.82, 2.24) is 0 Å². The molecule has 2 nitrogen and oxygen atoms in total. The van der Waals surface area contributed by atoms with E-state index in [1.54, 1.807) is 6.26 Å². The van der Waals surface area contributed by atoms with Crippen LogP contribution in [0.1, 0.15) is 11.3 Å². The second-order valence-corrected chi connectivity index (χ2v) is 3.84. The lowest BCUT2D eigenvalue weighted by Crippen LogP contribution is -2.08. The van der Waals surface area contributed by atoms with Gasteiger partial charge in [0.05, 0.1) is 6.26 Å². The maximum Gasteiger partial charge on any atom is 0.126 e. The van der Waals surface area contributed by atoms with E-state index in [-0.39, 0.29) is 0 Å². The molecular formula is C14H15NO. The second kappa shape index (κ2) is 4.71. The second-order valence-electron chi connectivity index (χ2n) is 3.84. The molecule has 0 aliphatic carbocycles. The Morgan fingerprint density at radius 2 is 1.94 bits per heavy atom. The summed E-state index contributed by atoms with van der Waals surface area (Å²) in [6.45, 7) is 0.